The zero-order chi connectivity index (χ0) is 9.26. The molecule has 0 radical (unpaired) electrons. The monoisotopic (exact) mass is 182 g/mol. The smallest absolute Gasteiger partial charge is 0.243 e. The molecule has 1 aromatic rings. The molecule has 2 atom stereocenters. The van der Waals surface area contributed by atoms with Gasteiger partial charge in [0.25, 0.3) is 0 Å². The third-order valence-corrected chi connectivity index (χ3v) is 2.27. The summed E-state index contributed by atoms with van der Waals surface area (Å²) in [5, 5.41) is 7.17. The number of hydrogen-bond acceptors (Lipinski definition) is 5. The highest BCUT2D eigenvalue weighted by atomic mass is 16.5. The van der Waals surface area contributed by atoms with Crippen molar-refractivity contribution in [1.82, 2.24) is 15.5 Å². The van der Waals surface area contributed by atoms with Gasteiger partial charge in [-0.15, -0.1) is 0 Å². The van der Waals surface area contributed by atoms with Crippen molar-refractivity contribution in [2.24, 2.45) is 5.73 Å². The Morgan fingerprint density at radius 3 is 3.08 bits per heavy atom. The van der Waals surface area contributed by atoms with Gasteiger partial charge in [-0.05, 0) is 19.9 Å². The summed E-state index contributed by atoms with van der Waals surface area (Å²) >= 11 is 0. The molecule has 1 aromatic heterocycles. The van der Waals surface area contributed by atoms with Crippen molar-refractivity contribution >= 4 is 0 Å². The molecule has 0 bridgehead atoms. The number of nitrogens with two attached hydrogens (primary N) is 1. The summed E-state index contributed by atoms with van der Waals surface area (Å²) in [6.07, 6.45) is 1.08. The van der Waals surface area contributed by atoms with E-state index in [9.17, 15) is 0 Å². The highest BCUT2D eigenvalue weighted by Gasteiger charge is 2.22. The third kappa shape index (κ3) is 1.71. The van der Waals surface area contributed by atoms with Crippen molar-refractivity contribution < 1.29 is 4.52 Å². The van der Waals surface area contributed by atoms with E-state index in [1.54, 1.807) is 0 Å². The number of nitrogens with one attached hydrogen (secondary N) is 1. The predicted octanol–water partition coefficient (Wildman–Crippen LogP) is 0.166. The fraction of sp³-hybridized carbons (Fsp3) is 0.750. The summed E-state index contributed by atoms with van der Waals surface area (Å²) in [7, 11) is 0. The minimum atomic E-state index is -0.171. The Hall–Kier alpha value is -0.940. The first-order chi connectivity index (χ1) is 6.27. The Balaban J connectivity index is 2.12. The van der Waals surface area contributed by atoms with Crippen molar-refractivity contribution in [1.29, 1.82) is 0 Å². The van der Waals surface area contributed by atoms with Crippen LogP contribution in [0.4, 0.5) is 0 Å². The average Bonchev–Trinajstić information content (AvgIpc) is 2.75. The van der Waals surface area contributed by atoms with Gasteiger partial charge < -0.3 is 15.6 Å². The molecule has 0 amide bonds. The summed E-state index contributed by atoms with van der Waals surface area (Å²) in [6.45, 7) is 3.81. The molecule has 3 N–H and O–H groups in total. The second kappa shape index (κ2) is 3.43. The van der Waals surface area contributed by atoms with E-state index in [0.29, 0.717) is 11.8 Å². The number of aromatic nitrogens is 2. The lowest BCUT2D eigenvalue weighted by atomic mass is 10.1. The first-order valence-corrected chi connectivity index (χ1v) is 4.57. The van der Waals surface area contributed by atoms with Crippen LogP contribution in [-0.2, 0) is 0 Å². The summed E-state index contributed by atoms with van der Waals surface area (Å²) in [4.78, 5) is 4.25. The van der Waals surface area contributed by atoms with E-state index in [0.717, 1.165) is 25.3 Å². The SMILES string of the molecule is CC(N)c1nc(C2CCNC2)no1. The van der Waals surface area contributed by atoms with Crippen LogP contribution in [0.25, 0.3) is 0 Å². The maximum absolute atomic E-state index is 5.61. The van der Waals surface area contributed by atoms with Crippen LogP contribution in [0.3, 0.4) is 0 Å². The van der Waals surface area contributed by atoms with Crippen LogP contribution in [-0.4, -0.2) is 23.2 Å². The number of nitrogens with zero attached hydrogens (tertiary/aromatic N) is 2. The largest absolute Gasteiger partial charge is 0.338 e. The molecule has 2 unspecified atom stereocenters. The van der Waals surface area contributed by atoms with E-state index in [1.807, 2.05) is 6.92 Å². The van der Waals surface area contributed by atoms with Crippen molar-refractivity contribution in [3.63, 3.8) is 0 Å². The van der Waals surface area contributed by atoms with Gasteiger partial charge in [0, 0.05) is 12.5 Å². The van der Waals surface area contributed by atoms with Gasteiger partial charge in [0.15, 0.2) is 5.82 Å². The van der Waals surface area contributed by atoms with E-state index < -0.39 is 0 Å². The Kier molecular flexibility index (Phi) is 2.28. The fourth-order valence-electron chi connectivity index (χ4n) is 1.47. The Labute approximate surface area is 76.7 Å². The Morgan fingerprint density at radius 1 is 1.69 bits per heavy atom. The average molecular weight is 182 g/mol. The van der Waals surface area contributed by atoms with Gasteiger partial charge in [0.05, 0.1) is 6.04 Å². The summed E-state index contributed by atoms with van der Waals surface area (Å²) in [5.41, 5.74) is 5.61. The molecule has 13 heavy (non-hydrogen) atoms. The number of rotatable bonds is 2. The summed E-state index contributed by atoms with van der Waals surface area (Å²) in [5.74, 6) is 1.72. The molecule has 2 heterocycles. The first kappa shape index (κ1) is 8.65. The maximum atomic E-state index is 5.61. The van der Waals surface area contributed by atoms with Gasteiger partial charge in [0.2, 0.25) is 5.89 Å². The van der Waals surface area contributed by atoms with Crippen LogP contribution in [0.2, 0.25) is 0 Å². The van der Waals surface area contributed by atoms with Gasteiger partial charge in [-0.1, -0.05) is 5.16 Å². The molecule has 0 aromatic carbocycles. The lowest BCUT2D eigenvalue weighted by Crippen LogP contribution is -2.09. The summed E-state index contributed by atoms with van der Waals surface area (Å²) in [6, 6.07) is -0.171. The molecule has 0 aliphatic carbocycles. The lowest BCUT2D eigenvalue weighted by molar-refractivity contribution is 0.355. The van der Waals surface area contributed by atoms with Crippen LogP contribution >= 0.6 is 0 Å². The molecule has 5 heteroatoms. The van der Waals surface area contributed by atoms with Crippen LogP contribution in [0.1, 0.15) is 37.0 Å². The van der Waals surface area contributed by atoms with Gasteiger partial charge in [-0.3, -0.25) is 0 Å². The summed E-state index contributed by atoms with van der Waals surface area (Å²) < 4.78 is 5.02. The van der Waals surface area contributed by atoms with Crippen LogP contribution in [0.5, 0.6) is 0 Å². The van der Waals surface area contributed by atoms with E-state index in [1.165, 1.54) is 0 Å². The molecule has 1 saturated heterocycles. The molecule has 0 spiro atoms. The Morgan fingerprint density at radius 2 is 2.54 bits per heavy atom. The quantitative estimate of drug-likeness (QED) is 0.681. The fourth-order valence-corrected chi connectivity index (χ4v) is 1.47. The molecule has 5 nitrogen and oxygen atoms in total. The second-order valence-electron chi connectivity index (χ2n) is 3.47. The van der Waals surface area contributed by atoms with Gasteiger partial charge in [-0.25, -0.2) is 0 Å². The van der Waals surface area contributed by atoms with Crippen molar-refractivity contribution in [3.8, 4) is 0 Å². The van der Waals surface area contributed by atoms with E-state index in [-0.39, 0.29) is 6.04 Å². The minimum absolute atomic E-state index is 0.171. The zero-order valence-electron chi connectivity index (χ0n) is 7.66. The van der Waals surface area contributed by atoms with E-state index in [4.69, 9.17) is 10.3 Å². The lowest BCUT2D eigenvalue weighted by Gasteiger charge is -1.99. The molecule has 1 aliphatic rings. The third-order valence-electron chi connectivity index (χ3n) is 2.27. The number of hydrogen-bond donors (Lipinski definition) is 2. The van der Waals surface area contributed by atoms with E-state index >= 15 is 0 Å². The zero-order valence-corrected chi connectivity index (χ0v) is 7.66. The van der Waals surface area contributed by atoms with Crippen molar-refractivity contribution in [2.45, 2.75) is 25.3 Å². The standard InChI is InChI=1S/C8H14N4O/c1-5(9)8-11-7(12-13-8)6-2-3-10-4-6/h5-6,10H,2-4,9H2,1H3. The van der Waals surface area contributed by atoms with Crippen molar-refractivity contribution in [2.75, 3.05) is 13.1 Å². The van der Waals surface area contributed by atoms with E-state index in [2.05, 4.69) is 15.5 Å². The van der Waals surface area contributed by atoms with Crippen LogP contribution in [0, 0.1) is 0 Å². The molecule has 0 saturated carbocycles. The van der Waals surface area contributed by atoms with Crippen LogP contribution in [0.15, 0.2) is 4.52 Å². The highest BCUT2D eigenvalue weighted by Crippen LogP contribution is 2.20. The molecular weight excluding hydrogens is 168 g/mol. The van der Waals surface area contributed by atoms with Crippen molar-refractivity contribution in [3.05, 3.63) is 11.7 Å². The molecule has 72 valence electrons. The molecule has 1 fully saturated rings. The topological polar surface area (TPSA) is 77.0 Å². The first-order valence-electron chi connectivity index (χ1n) is 4.57. The molecule has 1 aliphatic heterocycles. The normalized spacial score (nSPS) is 24.9. The van der Waals surface area contributed by atoms with Gasteiger partial charge in [0.1, 0.15) is 0 Å². The maximum Gasteiger partial charge on any atom is 0.243 e. The Bertz CT molecular complexity index is 277. The van der Waals surface area contributed by atoms with Gasteiger partial charge in [-0.2, -0.15) is 4.98 Å². The predicted molar refractivity (Wildman–Crippen MR) is 47.1 cm³/mol. The molecule has 2 rings (SSSR count). The van der Waals surface area contributed by atoms with Gasteiger partial charge >= 0.3 is 0 Å². The highest BCUT2D eigenvalue weighted by molar-refractivity contribution is 5.00. The van der Waals surface area contributed by atoms with Crippen LogP contribution < -0.4 is 11.1 Å². The minimum Gasteiger partial charge on any atom is -0.338 e. The second-order valence-corrected chi connectivity index (χ2v) is 3.47. The molecular formula is C8H14N4O.